The lowest BCUT2D eigenvalue weighted by atomic mass is 10.1. The van der Waals surface area contributed by atoms with Crippen LogP contribution in [0.2, 0.25) is 0 Å². The zero-order chi connectivity index (χ0) is 24.9. The SMILES string of the molecule is Cc1ccc(-n2c(SCC(=O)Nc3ncc(Cc4ccc(F)cc4)s3)nnc2-c2ccccc2)cc1. The van der Waals surface area contributed by atoms with E-state index in [9.17, 15) is 9.18 Å². The van der Waals surface area contributed by atoms with Gasteiger partial charge in [0.25, 0.3) is 0 Å². The maximum Gasteiger partial charge on any atom is 0.236 e. The minimum Gasteiger partial charge on any atom is -0.301 e. The molecule has 0 aliphatic rings. The van der Waals surface area contributed by atoms with Crippen molar-refractivity contribution in [3.05, 3.63) is 107 Å². The van der Waals surface area contributed by atoms with Crippen LogP contribution in [-0.2, 0) is 11.2 Å². The van der Waals surface area contributed by atoms with Crippen molar-refractivity contribution in [2.45, 2.75) is 18.5 Å². The predicted molar refractivity (Wildman–Crippen MR) is 142 cm³/mol. The number of hydrogen-bond acceptors (Lipinski definition) is 6. The molecule has 36 heavy (non-hydrogen) atoms. The Morgan fingerprint density at radius 1 is 1.00 bits per heavy atom. The molecule has 0 atom stereocenters. The number of nitrogens with zero attached hydrogens (tertiary/aromatic N) is 4. The van der Waals surface area contributed by atoms with Gasteiger partial charge in [-0.3, -0.25) is 9.36 Å². The molecule has 0 fully saturated rings. The Kier molecular flexibility index (Phi) is 7.20. The van der Waals surface area contributed by atoms with Crippen molar-refractivity contribution in [2.24, 2.45) is 0 Å². The molecule has 0 saturated heterocycles. The fourth-order valence-electron chi connectivity index (χ4n) is 3.60. The summed E-state index contributed by atoms with van der Waals surface area (Å²) in [7, 11) is 0. The first-order valence-corrected chi connectivity index (χ1v) is 13.0. The van der Waals surface area contributed by atoms with E-state index < -0.39 is 0 Å². The molecular formula is C27H22FN5OS2. The summed E-state index contributed by atoms with van der Waals surface area (Å²) >= 11 is 2.72. The van der Waals surface area contributed by atoms with Gasteiger partial charge in [0.1, 0.15) is 5.82 Å². The highest BCUT2D eigenvalue weighted by molar-refractivity contribution is 7.99. The van der Waals surface area contributed by atoms with E-state index in [1.807, 2.05) is 66.1 Å². The lowest BCUT2D eigenvalue weighted by Gasteiger charge is -2.10. The first-order valence-electron chi connectivity index (χ1n) is 11.2. The molecule has 3 aromatic carbocycles. The van der Waals surface area contributed by atoms with Crippen molar-refractivity contribution < 1.29 is 9.18 Å². The highest BCUT2D eigenvalue weighted by Gasteiger charge is 2.17. The van der Waals surface area contributed by atoms with Crippen molar-refractivity contribution in [1.29, 1.82) is 0 Å². The fraction of sp³-hybridized carbons (Fsp3) is 0.111. The second-order valence-electron chi connectivity index (χ2n) is 8.11. The summed E-state index contributed by atoms with van der Waals surface area (Å²) < 4.78 is 15.1. The summed E-state index contributed by atoms with van der Waals surface area (Å²) in [6.45, 7) is 2.04. The Morgan fingerprint density at radius 3 is 2.50 bits per heavy atom. The highest BCUT2D eigenvalue weighted by atomic mass is 32.2. The average molecular weight is 516 g/mol. The van der Waals surface area contributed by atoms with Crippen LogP contribution >= 0.6 is 23.1 Å². The molecule has 2 aromatic heterocycles. The van der Waals surface area contributed by atoms with Crippen LogP contribution in [0, 0.1) is 12.7 Å². The number of thiazole rings is 1. The number of aryl methyl sites for hydroxylation is 1. The smallest absolute Gasteiger partial charge is 0.236 e. The lowest BCUT2D eigenvalue weighted by molar-refractivity contribution is -0.113. The van der Waals surface area contributed by atoms with Gasteiger partial charge in [0.15, 0.2) is 16.1 Å². The number of carbonyl (C=O) groups is 1. The number of aromatic nitrogens is 4. The monoisotopic (exact) mass is 515 g/mol. The second-order valence-corrected chi connectivity index (χ2v) is 10.2. The second kappa shape index (κ2) is 10.8. The van der Waals surface area contributed by atoms with E-state index in [1.54, 1.807) is 18.3 Å². The largest absolute Gasteiger partial charge is 0.301 e. The maximum atomic E-state index is 13.1. The molecule has 2 heterocycles. The van der Waals surface area contributed by atoms with Crippen LogP contribution in [0.15, 0.2) is 90.2 Å². The average Bonchev–Trinajstić information content (AvgIpc) is 3.52. The number of halogens is 1. The van der Waals surface area contributed by atoms with Crippen LogP contribution < -0.4 is 5.32 Å². The maximum absolute atomic E-state index is 13.1. The molecule has 1 N–H and O–H groups in total. The van der Waals surface area contributed by atoms with Crippen LogP contribution in [0.1, 0.15) is 16.0 Å². The molecule has 0 aliphatic heterocycles. The minimum absolute atomic E-state index is 0.158. The summed E-state index contributed by atoms with van der Waals surface area (Å²) in [4.78, 5) is 18.0. The molecule has 9 heteroatoms. The van der Waals surface area contributed by atoms with Gasteiger partial charge in [0.2, 0.25) is 5.91 Å². The minimum atomic E-state index is -0.261. The van der Waals surface area contributed by atoms with Gasteiger partial charge >= 0.3 is 0 Å². The molecule has 6 nitrogen and oxygen atoms in total. The zero-order valence-electron chi connectivity index (χ0n) is 19.4. The van der Waals surface area contributed by atoms with Crippen LogP contribution in [0.4, 0.5) is 9.52 Å². The van der Waals surface area contributed by atoms with E-state index in [4.69, 9.17) is 0 Å². The van der Waals surface area contributed by atoms with E-state index >= 15 is 0 Å². The van der Waals surface area contributed by atoms with E-state index in [0.29, 0.717) is 22.5 Å². The Hall–Kier alpha value is -3.82. The summed E-state index contributed by atoms with van der Waals surface area (Å²) in [5, 5.41) is 12.8. The first kappa shape index (κ1) is 23.9. The molecule has 0 unspecified atom stereocenters. The molecule has 0 radical (unpaired) electrons. The van der Waals surface area contributed by atoms with Gasteiger partial charge in [-0.2, -0.15) is 0 Å². The van der Waals surface area contributed by atoms with Crippen molar-refractivity contribution >= 4 is 34.1 Å². The third-order valence-corrected chi connectivity index (χ3v) is 7.22. The van der Waals surface area contributed by atoms with E-state index in [-0.39, 0.29) is 17.5 Å². The van der Waals surface area contributed by atoms with Gasteiger partial charge < -0.3 is 5.32 Å². The molecule has 0 spiro atoms. The van der Waals surface area contributed by atoms with Gasteiger partial charge in [0.05, 0.1) is 5.75 Å². The lowest BCUT2D eigenvalue weighted by Crippen LogP contribution is -2.14. The number of amides is 1. The Labute approximate surface area is 216 Å². The standard InChI is InChI=1S/C27H22FN5OS2/c1-18-7-13-22(14-8-18)33-25(20-5-3-2-4-6-20)31-32-27(33)35-17-24(34)30-26-29-16-23(36-26)15-19-9-11-21(28)12-10-19/h2-14,16H,15,17H2,1H3,(H,29,30,34). The number of carbonyl (C=O) groups excluding carboxylic acids is 1. The van der Waals surface area contributed by atoms with Gasteiger partial charge in [-0.25, -0.2) is 9.37 Å². The fourth-order valence-corrected chi connectivity index (χ4v) is 5.21. The Bertz CT molecular complexity index is 1460. The summed E-state index contributed by atoms with van der Waals surface area (Å²) in [6.07, 6.45) is 2.36. The quantitative estimate of drug-likeness (QED) is 0.251. The Balaban J connectivity index is 1.28. The van der Waals surface area contributed by atoms with Crippen LogP contribution in [0.5, 0.6) is 0 Å². The van der Waals surface area contributed by atoms with Crippen molar-refractivity contribution in [2.75, 3.05) is 11.1 Å². The van der Waals surface area contributed by atoms with Crippen molar-refractivity contribution in [3.63, 3.8) is 0 Å². The summed E-state index contributed by atoms with van der Waals surface area (Å²) in [5.41, 5.74) is 4.01. The topological polar surface area (TPSA) is 72.7 Å². The van der Waals surface area contributed by atoms with E-state index in [0.717, 1.165) is 27.3 Å². The molecule has 5 rings (SSSR count). The molecule has 0 bridgehead atoms. The van der Waals surface area contributed by atoms with Gasteiger partial charge in [0, 0.05) is 28.7 Å². The number of benzene rings is 3. The first-order chi connectivity index (χ1) is 17.5. The molecule has 5 aromatic rings. The normalized spacial score (nSPS) is 10.9. The molecule has 180 valence electrons. The highest BCUT2D eigenvalue weighted by Crippen LogP contribution is 2.28. The molecular weight excluding hydrogens is 493 g/mol. The third kappa shape index (κ3) is 5.69. The van der Waals surface area contributed by atoms with Gasteiger partial charge in [-0.15, -0.1) is 21.5 Å². The number of hydrogen-bond donors (Lipinski definition) is 1. The van der Waals surface area contributed by atoms with E-state index in [2.05, 4.69) is 20.5 Å². The van der Waals surface area contributed by atoms with Crippen molar-refractivity contribution in [3.8, 4) is 17.1 Å². The zero-order valence-corrected chi connectivity index (χ0v) is 21.0. The number of nitrogens with one attached hydrogen (secondary N) is 1. The summed E-state index contributed by atoms with van der Waals surface area (Å²) in [5.74, 6) is 0.434. The Morgan fingerprint density at radius 2 is 1.75 bits per heavy atom. The summed E-state index contributed by atoms with van der Waals surface area (Å²) in [6, 6.07) is 24.3. The molecule has 0 saturated carbocycles. The third-order valence-electron chi connectivity index (χ3n) is 5.38. The number of thioether (sulfide) groups is 1. The number of anilines is 1. The van der Waals surface area contributed by atoms with Gasteiger partial charge in [-0.1, -0.05) is 71.9 Å². The van der Waals surface area contributed by atoms with E-state index in [1.165, 1.54) is 35.2 Å². The number of rotatable bonds is 8. The molecule has 1 amide bonds. The predicted octanol–water partition coefficient (Wildman–Crippen LogP) is 6.16. The van der Waals surface area contributed by atoms with Crippen LogP contribution in [0.25, 0.3) is 17.1 Å². The molecule has 0 aliphatic carbocycles. The van der Waals surface area contributed by atoms with Crippen LogP contribution in [0.3, 0.4) is 0 Å². The van der Waals surface area contributed by atoms with Gasteiger partial charge in [-0.05, 0) is 36.8 Å². The van der Waals surface area contributed by atoms with Crippen LogP contribution in [-0.4, -0.2) is 31.4 Å². The van der Waals surface area contributed by atoms with Crippen molar-refractivity contribution in [1.82, 2.24) is 19.7 Å².